The first-order chi connectivity index (χ1) is 4.10. The SMILES string of the molecule is CC1=CCCC(S)(S)C1. The molecule has 1 aliphatic rings. The van der Waals surface area contributed by atoms with Crippen LogP contribution in [0.5, 0.6) is 0 Å². The Morgan fingerprint density at radius 2 is 2.22 bits per heavy atom. The maximum atomic E-state index is 4.40. The Morgan fingerprint density at radius 1 is 1.56 bits per heavy atom. The Balaban J connectivity index is 2.59. The van der Waals surface area contributed by atoms with Gasteiger partial charge in [-0.3, -0.25) is 0 Å². The molecule has 0 nitrogen and oxygen atoms in total. The van der Waals surface area contributed by atoms with Crippen molar-refractivity contribution in [1.29, 1.82) is 0 Å². The molecule has 1 rings (SSSR count). The minimum absolute atomic E-state index is 0.0289. The van der Waals surface area contributed by atoms with Gasteiger partial charge in [0.05, 0.1) is 4.08 Å². The summed E-state index contributed by atoms with van der Waals surface area (Å²) in [4.78, 5) is 0. The van der Waals surface area contributed by atoms with Crippen LogP contribution < -0.4 is 0 Å². The van der Waals surface area contributed by atoms with E-state index in [1.54, 1.807) is 0 Å². The zero-order valence-corrected chi connectivity index (χ0v) is 7.38. The van der Waals surface area contributed by atoms with Crippen LogP contribution in [0.1, 0.15) is 26.2 Å². The molecular formula is C7H12S2. The molecule has 0 atom stereocenters. The molecule has 0 amide bonds. The van der Waals surface area contributed by atoms with E-state index in [1.807, 2.05) is 0 Å². The van der Waals surface area contributed by atoms with Gasteiger partial charge >= 0.3 is 0 Å². The molecule has 9 heavy (non-hydrogen) atoms. The van der Waals surface area contributed by atoms with E-state index in [0.717, 1.165) is 19.3 Å². The number of allylic oxidation sites excluding steroid dienone is 2. The molecule has 0 saturated carbocycles. The van der Waals surface area contributed by atoms with Gasteiger partial charge in [0, 0.05) is 0 Å². The lowest BCUT2D eigenvalue weighted by Crippen LogP contribution is -2.16. The highest BCUT2D eigenvalue weighted by atomic mass is 32.2. The van der Waals surface area contributed by atoms with E-state index in [0.29, 0.717) is 0 Å². The summed E-state index contributed by atoms with van der Waals surface area (Å²) in [6, 6.07) is 0. The molecule has 52 valence electrons. The molecule has 0 N–H and O–H groups in total. The summed E-state index contributed by atoms with van der Waals surface area (Å²) >= 11 is 8.80. The zero-order valence-electron chi connectivity index (χ0n) is 5.59. The molecule has 0 saturated heterocycles. The first-order valence-corrected chi connectivity index (χ1v) is 4.10. The van der Waals surface area contributed by atoms with Crippen molar-refractivity contribution in [3.63, 3.8) is 0 Å². The lowest BCUT2D eigenvalue weighted by molar-refractivity contribution is 0.685. The predicted molar refractivity (Wildman–Crippen MR) is 48.3 cm³/mol. The van der Waals surface area contributed by atoms with Gasteiger partial charge in [-0.05, 0) is 26.2 Å². The summed E-state index contributed by atoms with van der Waals surface area (Å²) < 4.78 is -0.0289. The van der Waals surface area contributed by atoms with Crippen molar-refractivity contribution in [2.24, 2.45) is 0 Å². The van der Waals surface area contributed by atoms with Crippen molar-refractivity contribution < 1.29 is 0 Å². The molecule has 0 fully saturated rings. The van der Waals surface area contributed by atoms with E-state index in [2.05, 4.69) is 38.3 Å². The standard InChI is InChI=1S/C7H12S2/c1-6-3-2-4-7(8,9)5-6/h3,8-9H,2,4-5H2,1H3. The summed E-state index contributed by atoms with van der Waals surface area (Å²) in [6.45, 7) is 2.14. The summed E-state index contributed by atoms with van der Waals surface area (Å²) in [5.74, 6) is 0. The smallest absolute Gasteiger partial charge is 0.0591 e. The van der Waals surface area contributed by atoms with Crippen LogP contribution in [0.2, 0.25) is 0 Å². The maximum absolute atomic E-state index is 4.40. The molecule has 0 unspecified atom stereocenters. The van der Waals surface area contributed by atoms with Crippen molar-refractivity contribution in [1.82, 2.24) is 0 Å². The lowest BCUT2D eigenvalue weighted by Gasteiger charge is -2.26. The number of hydrogen-bond acceptors (Lipinski definition) is 2. The van der Waals surface area contributed by atoms with Gasteiger partial charge in [0.1, 0.15) is 0 Å². The molecule has 0 aromatic rings. The van der Waals surface area contributed by atoms with Gasteiger partial charge in [-0.1, -0.05) is 11.6 Å². The van der Waals surface area contributed by atoms with E-state index >= 15 is 0 Å². The number of thiol groups is 2. The molecule has 0 radical (unpaired) electrons. The summed E-state index contributed by atoms with van der Waals surface area (Å²) in [5, 5.41) is 0. The highest BCUT2D eigenvalue weighted by Crippen LogP contribution is 2.36. The van der Waals surface area contributed by atoms with E-state index in [9.17, 15) is 0 Å². The van der Waals surface area contributed by atoms with E-state index in [4.69, 9.17) is 0 Å². The summed E-state index contributed by atoms with van der Waals surface area (Å²) in [5.41, 5.74) is 1.42. The average molecular weight is 160 g/mol. The highest BCUT2D eigenvalue weighted by Gasteiger charge is 2.22. The summed E-state index contributed by atoms with van der Waals surface area (Å²) in [6.07, 6.45) is 5.53. The van der Waals surface area contributed by atoms with Crippen LogP contribution in [0, 0.1) is 0 Å². The molecule has 1 aliphatic carbocycles. The Bertz CT molecular complexity index is 136. The number of rotatable bonds is 0. The van der Waals surface area contributed by atoms with Crippen molar-refractivity contribution in [2.75, 3.05) is 0 Å². The normalized spacial score (nSPS) is 25.4. The highest BCUT2D eigenvalue weighted by molar-refractivity contribution is 8.00. The molecule has 2 heteroatoms. The van der Waals surface area contributed by atoms with Gasteiger partial charge in [-0.2, -0.15) is 25.3 Å². The fraction of sp³-hybridized carbons (Fsp3) is 0.714. The Kier molecular flexibility index (Phi) is 2.17. The monoisotopic (exact) mass is 160 g/mol. The second-order valence-corrected chi connectivity index (χ2v) is 4.81. The first-order valence-electron chi connectivity index (χ1n) is 3.20. The topological polar surface area (TPSA) is 0 Å². The van der Waals surface area contributed by atoms with Crippen LogP contribution >= 0.6 is 25.3 Å². The maximum Gasteiger partial charge on any atom is 0.0591 e. The average Bonchev–Trinajstić information content (AvgIpc) is 1.60. The third kappa shape index (κ3) is 2.26. The predicted octanol–water partition coefficient (Wildman–Crippen LogP) is 2.67. The van der Waals surface area contributed by atoms with Gasteiger partial charge in [-0.25, -0.2) is 0 Å². The molecular weight excluding hydrogens is 148 g/mol. The molecule has 0 aromatic heterocycles. The van der Waals surface area contributed by atoms with Gasteiger partial charge in [0.2, 0.25) is 0 Å². The van der Waals surface area contributed by atoms with Crippen molar-refractivity contribution in [3.05, 3.63) is 11.6 Å². The van der Waals surface area contributed by atoms with Gasteiger partial charge in [0.15, 0.2) is 0 Å². The fourth-order valence-electron chi connectivity index (χ4n) is 1.16. The minimum Gasteiger partial charge on any atom is -0.161 e. The fourth-order valence-corrected chi connectivity index (χ4v) is 1.91. The second-order valence-electron chi connectivity index (χ2n) is 2.75. The molecule has 0 bridgehead atoms. The van der Waals surface area contributed by atoms with Gasteiger partial charge < -0.3 is 0 Å². The Hall–Kier alpha value is 0.440. The minimum atomic E-state index is -0.0289. The first kappa shape index (κ1) is 7.55. The second kappa shape index (κ2) is 2.59. The summed E-state index contributed by atoms with van der Waals surface area (Å²) in [7, 11) is 0. The van der Waals surface area contributed by atoms with E-state index in [-0.39, 0.29) is 4.08 Å². The Labute approximate surface area is 67.5 Å². The molecule has 0 spiro atoms. The van der Waals surface area contributed by atoms with E-state index < -0.39 is 0 Å². The molecule has 0 aromatic carbocycles. The third-order valence-corrected chi connectivity index (χ3v) is 2.36. The van der Waals surface area contributed by atoms with Crippen molar-refractivity contribution in [2.45, 2.75) is 30.3 Å². The van der Waals surface area contributed by atoms with Crippen LogP contribution in [0.25, 0.3) is 0 Å². The van der Waals surface area contributed by atoms with Crippen LogP contribution in [0.15, 0.2) is 11.6 Å². The van der Waals surface area contributed by atoms with Crippen molar-refractivity contribution in [3.8, 4) is 0 Å². The zero-order chi connectivity index (χ0) is 6.91. The van der Waals surface area contributed by atoms with Crippen LogP contribution in [0.4, 0.5) is 0 Å². The quantitative estimate of drug-likeness (QED) is 0.304. The Morgan fingerprint density at radius 3 is 2.56 bits per heavy atom. The van der Waals surface area contributed by atoms with Crippen LogP contribution in [0.3, 0.4) is 0 Å². The largest absolute Gasteiger partial charge is 0.161 e. The molecule has 0 aliphatic heterocycles. The van der Waals surface area contributed by atoms with Gasteiger partial charge in [0.25, 0.3) is 0 Å². The third-order valence-electron chi connectivity index (χ3n) is 1.60. The van der Waals surface area contributed by atoms with Crippen molar-refractivity contribution >= 4 is 25.3 Å². The van der Waals surface area contributed by atoms with Crippen LogP contribution in [-0.4, -0.2) is 4.08 Å². The van der Waals surface area contributed by atoms with E-state index in [1.165, 1.54) is 5.57 Å². The van der Waals surface area contributed by atoms with Gasteiger partial charge in [-0.15, -0.1) is 0 Å². The molecule has 0 heterocycles. The lowest BCUT2D eigenvalue weighted by atomic mass is 10.00. The number of hydrogen-bond donors (Lipinski definition) is 2. The van der Waals surface area contributed by atoms with Crippen LogP contribution in [-0.2, 0) is 0 Å².